The summed E-state index contributed by atoms with van der Waals surface area (Å²) in [6.07, 6.45) is 3.70. The number of rotatable bonds is 14. The van der Waals surface area contributed by atoms with Crippen molar-refractivity contribution >= 4 is 23.8 Å². The first kappa shape index (κ1) is 24.9. The van der Waals surface area contributed by atoms with E-state index in [2.05, 4.69) is 5.32 Å². The fourth-order valence-electron chi connectivity index (χ4n) is 2.47. The number of carboxylic acids is 2. The maximum Gasteiger partial charge on any atom is 0.407 e. The molecule has 0 saturated carbocycles. The lowest BCUT2D eigenvalue weighted by Gasteiger charge is -2.19. The molecule has 0 spiro atoms. The van der Waals surface area contributed by atoms with Crippen molar-refractivity contribution < 1.29 is 34.1 Å². The molecule has 8 nitrogen and oxygen atoms in total. The Bertz CT molecular complexity index is 497. The highest BCUT2D eigenvalue weighted by Gasteiger charge is 2.21. The molecule has 27 heavy (non-hydrogen) atoms. The van der Waals surface area contributed by atoms with Crippen molar-refractivity contribution in [1.82, 2.24) is 5.32 Å². The largest absolute Gasteiger partial charge is 0.481 e. The van der Waals surface area contributed by atoms with E-state index in [0.29, 0.717) is 19.4 Å². The van der Waals surface area contributed by atoms with Gasteiger partial charge in [-0.3, -0.25) is 14.4 Å². The molecule has 1 unspecified atom stereocenters. The minimum atomic E-state index is -1.12. The summed E-state index contributed by atoms with van der Waals surface area (Å²) in [5.41, 5.74) is -0.510. The normalized spacial score (nSPS) is 12.3. The van der Waals surface area contributed by atoms with Gasteiger partial charge in [0.1, 0.15) is 11.4 Å². The first-order valence-corrected chi connectivity index (χ1v) is 9.44. The summed E-state index contributed by atoms with van der Waals surface area (Å²) in [4.78, 5) is 44.9. The first-order valence-electron chi connectivity index (χ1n) is 9.44. The van der Waals surface area contributed by atoms with Gasteiger partial charge in [-0.15, -0.1) is 0 Å². The summed E-state index contributed by atoms with van der Waals surface area (Å²) in [5.74, 6) is -3.25. The fraction of sp³-hybridized carbons (Fsp3) is 0.789. The highest BCUT2D eigenvalue weighted by atomic mass is 16.6. The molecule has 0 rings (SSSR count). The summed E-state index contributed by atoms with van der Waals surface area (Å²) in [6.45, 7) is 5.95. The average molecular weight is 387 g/mol. The van der Waals surface area contributed by atoms with E-state index in [4.69, 9.17) is 14.9 Å². The predicted molar refractivity (Wildman–Crippen MR) is 99.6 cm³/mol. The zero-order valence-corrected chi connectivity index (χ0v) is 16.6. The van der Waals surface area contributed by atoms with Gasteiger partial charge in [-0.1, -0.05) is 19.3 Å². The zero-order valence-electron chi connectivity index (χ0n) is 16.6. The van der Waals surface area contributed by atoms with Crippen LogP contribution in [-0.2, 0) is 19.1 Å². The van der Waals surface area contributed by atoms with E-state index < -0.39 is 29.6 Å². The topological polar surface area (TPSA) is 130 Å². The van der Waals surface area contributed by atoms with Crippen molar-refractivity contribution in [2.24, 2.45) is 5.92 Å². The Morgan fingerprint density at radius 2 is 1.52 bits per heavy atom. The highest BCUT2D eigenvalue weighted by molar-refractivity contribution is 5.84. The maximum absolute atomic E-state index is 11.9. The van der Waals surface area contributed by atoms with Gasteiger partial charge in [0.2, 0.25) is 0 Å². The second-order valence-corrected chi connectivity index (χ2v) is 7.66. The summed E-state index contributed by atoms with van der Waals surface area (Å²) in [7, 11) is 0. The number of unbranched alkanes of at least 4 members (excludes halogenated alkanes) is 4. The van der Waals surface area contributed by atoms with Gasteiger partial charge in [-0.25, -0.2) is 4.79 Å². The molecule has 0 aromatic heterocycles. The van der Waals surface area contributed by atoms with E-state index in [-0.39, 0.29) is 25.0 Å². The molecular weight excluding hydrogens is 354 g/mol. The van der Waals surface area contributed by atoms with E-state index in [0.717, 1.165) is 25.7 Å². The Morgan fingerprint density at radius 3 is 2.07 bits per heavy atom. The van der Waals surface area contributed by atoms with E-state index in [9.17, 15) is 19.2 Å². The third-order valence-corrected chi connectivity index (χ3v) is 3.83. The van der Waals surface area contributed by atoms with Crippen molar-refractivity contribution in [3.05, 3.63) is 0 Å². The van der Waals surface area contributed by atoms with Gasteiger partial charge < -0.3 is 20.3 Å². The van der Waals surface area contributed by atoms with Crippen LogP contribution in [0.4, 0.5) is 4.79 Å². The molecular formula is C19H33NO7. The molecule has 0 aliphatic heterocycles. The predicted octanol–water partition coefficient (Wildman–Crippen LogP) is 3.38. The van der Waals surface area contributed by atoms with E-state index in [1.165, 1.54) is 0 Å². The van der Waals surface area contributed by atoms with Gasteiger partial charge in [-0.2, -0.15) is 0 Å². The summed E-state index contributed by atoms with van der Waals surface area (Å²) in [6, 6.07) is 0. The van der Waals surface area contributed by atoms with Crippen LogP contribution in [0.25, 0.3) is 0 Å². The van der Waals surface area contributed by atoms with Crippen molar-refractivity contribution in [2.45, 2.75) is 84.2 Å². The third-order valence-electron chi connectivity index (χ3n) is 3.83. The van der Waals surface area contributed by atoms with Gasteiger partial charge in [0.05, 0.1) is 5.92 Å². The number of nitrogens with one attached hydrogen (secondary N) is 1. The smallest absolute Gasteiger partial charge is 0.407 e. The molecule has 0 heterocycles. The number of ether oxygens (including phenoxy) is 1. The van der Waals surface area contributed by atoms with Crippen LogP contribution in [0.15, 0.2) is 0 Å². The van der Waals surface area contributed by atoms with Crippen molar-refractivity contribution in [3.63, 3.8) is 0 Å². The van der Waals surface area contributed by atoms with Crippen LogP contribution >= 0.6 is 0 Å². The van der Waals surface area contributed by atoms with Crippen molar-refractivity contribution in [2.75, 3.05) is 6.54 Å². The Morgan fingerprint density at radius 1 is 0.926 bits per heavy atom. The first-order chi connectivity index (χ1) is 12.5. The van der Waals surface area contributed by atoms with E-state index in [1.54, 1.807) is 20.8 Å². The molecule has 0 saturated heterocycles. The molecule has 1 atom stereocenters. The average Bonchev–Trinajstić information content (AvgIpc) is 2.51. The van der Waals surface area contributed by atoms with Gasteiger partial charge in [0.25, 0.3) is 0 Å². The summed E-state index contributed by atoms with van der Waals surface area (Å²) >= 11 is 0. The van der Waals surface area contributed by atoms with Gasteiger partial charge >= 0.3 is 18.0 Å². The Labute approximate surface area is 160 Å². The summed E-state index contributed by atoms with van der Waals surface area (Å²) < 4.78 is 5.13. The van der Waals surface area contributed by atoms with Crippen LogP contribution in [0.1, 0.15) is 78.6 Å². The van der Waals surface area contributed by atoms with Crippen LogP contribution in [0.2, 0.25) is 0 Å². The number of ketones is 1. The third kappa shape index (κ3) is 15.8. The molecule has 3 N–H and O–H groups in total. The monoisotopic (exact) mass is 387 g/mol. The minimum Gasteiger partial charge on any atom is -0.481 e. The Balaban J connectivity index is 3.74. The van der Waals surface area contributed by atoms with E-state index in [1.807, 2.05) is 0 Å². The number of carboxylic acid groups (broad SMARTS) is 2. The highest BCUT2D eigenvalue weighted by Crippen LogP contribution is 2.15. The Kier molecular flexibility index (Phi) is 12.1. The lowest BCUT2D eigenvalue weighted by Crippen LogP contribution is -2.32. The molecule has 0 aliphatic rings. The van der Waals surface area contributed by atoms with Crippen LogP contribution < -0.4 is 5.32 Å². The number of carbonyl (C=O) groups is 4. The molecule has 156 valence electrons. The van der Waals surface area contributed by atoms with Crippen molar-refractivity contribution in [3.8, 4) is 0 Å². The van der Waals surface area contributed by atoms with Crippen molar-refractivity contribution in [1.29, 1.82) is 0 Å². The van der Waals surface area contributed by atoms with Crippen LogP contribution in [-0.4, -0.2) is 46.2 Å². The fourth-order valence-corrected chi connectivity index (χ4v) is 2.47. The molecule has 0 aromatic rings. The molecule has 0 aromatic carbocycles. The van der Waals surface area contributed by atoms with Gasteiger partial charge in [0.15, 0.2) is 0 Å². The quantitative estimate of drug-likeness (QED) is 0.389. The second kappa shape index (κ2) is 13.1. The standard InChI is InChI=1S/C19H33NO7/c1-19(2,3)27-18(26)20-12-8-6-4-5-7-9-15(21)13-14(17(24)25)10-11-16(22)23/h14H,4-13H2,1-3H3,(H,20,26)(H,22,23)(H,24,25). The number of Topliss-reactive ketones (excluding diaryl/α,β-unsaturated/α-hetero) is 1. The number of carbonyl (C=O) groups excluding carboxylic acids is 2. The number of aliphatic carboxylic acids is 2. The summed E-state index contributed by atoms with van der Waals surface area (Å²) in [5, 5.41) is 20.3. The number of alkyl carbamates (subject to hydrolysis) is 1. The zero-order chi connectivity index (χ0) is 20.9. The number of hydrogen-bond acceptors (Lipinski definition) is 5. The molecule has 0 radical (unpaired) electrons. The van der Waals surface area contributed by atoms with E-state index >= 15 is 0 Å². The minimum absolute atomic E-state index is 0.0267. The second-order valence-electron chi connectivity index (χ2n) is 7.66. The Hall–Kier alpha value is -2.12. The lowest BCUT2D eigenvalue weighted by molar-refractivity contribution is -0.145. The van der Waals surface area contributed by atoms with Crippen LogP contribution in [0, 0.1) is 5.92 Å². The van der Waals surface area contributed by atoms with Crippen LogP contribution in [0.5, 0.6) is 0 Å². The maximum atomic E-state index is 11.9. The lowest BCUT2D eigenvalue weighted by atomic mass is 9.95. The number of amides is 1. The number of hydrogen-bond donors (Lipinski definition) is 3. The van der Waals surface area contributed by atoms with Gasteiger partial charge in [-0.05, 0) is 40.0 Å². The molecule has 8 heteroatoms. The molecule has 0 bridgehead atoms. The molecule has 1 amide bonds. The van der Waals surface area contributed by atoms with Crippen LogP contribution in [0.3, 0.4) is 0 Å². The van der Waals surface area contributed by atoms with Gasteiger partial charge in [0, 0.05) is 25.8 Å². The molecule has 0 fully saturated rings. The molecule has 0 aliphatic carbocycles. The SMILES string of the molecule is CC(C)(C)OC(=O)NCCCCCCCC(=O)CC(CCC(=O)O)C(=O)O.